The number of aliphatic hydroxyl groups is 1. The second-order valence-corrected chi connectivity index (χ2v) is 9.50. The van der Waals surface area contributed by atoms with Gasteiger partial charge < -0.3 is 20.5 Å². The van der Waals surface area contributed by atoms with Crippen molar-refractivity contribution in [3.63, 3.8) is 0 Å². The van der Waals surface area contributed by atoms with Crippen molar-refractivity contribution in [2.24, 2.45) is 5.73 Å². The standard InChI is InChI=1S/C22H28ClN3O3.C6H5Cl.C2H6/c1-16(17-2-4-18(5-3-17)22(24)28)15-25-8-10-26(11-9-25)21-7-6-19(14-20(21)23)29-13-12-27;7-6-4-2-1-3-5-6;1-2/h2-7,14,16,27H,8-13,15H2,1H3,(H2,24,28);1-5H;1-2H3. The van der Waals surface area contributed by atoms with Crippen molar-refractivity contribution < 1.29 is 14.6 Å². The van der Waals surface area contributed by atoms with Crippen LogP contribution in [-0.2, 0) is 0 Å². The molecule has 4 rings (SSSR count). The number of halogens is 2. The van der Waals surface area contributed by atoms with Crippen LogP contribution in [0.15, 0.2) is 72.8 Å². The van der Waals surface area contributed by atoms with Gasteiger partial charge >= 0.3 is 0 Å². The van der Waals surface area contributed by atoms with E-state index in [4.69, 9.17) is 38.8 Å². The average Bonchev–Trinajstić information content (AvgIpc) is 2.94. The monoisotopic (exact) mass is 559 g/mol. The molecule has 0 radical (unpaired) electrons. The van der Waals surface area contributed by atoms with Crippen molar-refractivity contribution in [3.8, 4) is 5.75 Å². The molecule has 0 aliphatic carbocycles. The number of anilines is 1. The second-order valence-electron chi connectivity index (χ2n) is 8.66. The lowest BCUT2D eigenvalue weighted by molar-refractivity contribution is 0.1000. The Morgan fingerprint density at radius 2 is 1.61 bits per heavy atom. The number of rotatable bonds is 8. The van der Waals surface area contributed by atoms with Gasteiger partial charge in [-0.3, -0.25) is 9.69 Å². The number of aliphatic hydroxyl groups excluding tert-OH is 1. The Morgan fingerprint density at radius 1 is 0.974 bits per heavy atom. The van der Waals surface area contributed by atoms with Crippen LogP contribution in [0.25, 0.3) is 0 Å². The Balaban J connectivity index is 0.000000481. The first-order valence-electron chi connectivity index (χ1n) is 13.0. The molecule has 3 aromatic carbocycles. The molecule has 1 fully saturated rings. The van der Waals surface area contributed by atoms with Gasteiger partial charge in [0.2, 0.25) is 5.91 Å². The van der Waals surface area contributed by atoms with Gasteiger partial charge in [-0.25, -0.2) is 0 Å². The zero-order valence-corrected chi connectivity index (χ0v) is 24.0. The maximum Gasteiger partial charge on any atom is 0.248 e. The van der Waals surface area contributed by atoms with E-state index < -0.39 is 5.91 Å². The van der Waals surface area contributed by atoms with Gasteiger partial charge in [0.25, 0.3) is 0 Å². The summed E-state index contributed by atoms with van der Waals surface area (Å²) in [5.41, 5.74) is 8.07. The summed E-state index contributed by atoms with van der Waals surface area (Å²) in [5, 5.41) is 10.3. The highest BCUT2D eigenvalue weighted by Crippen LogP contribution is 2.31. The predicted octanol–water partition coefficient (Wildman–Crippen LogP) is 6.10. The van der Waals surface area contributed by atoms with E-state index in [1.165, 1.54) is 5.56 Å². The van der Waals surface area contributed by atoms with Crippen molar-refractivity contribution in [1.82, 2.24) is 4.90 Å². The van der Waals surface area contributed by atoms with Gasteiger partial charge in [0.1, 0.15) is 12.4 Å². The lowest BCUT2D eigenvalue weighted by atomic mass is 9.99. The van der Waals surface area contributed by atoms with Crippen molar-refractivity contribution in [1.29, 1.82) is 0 Å². The summed E-state index contributed by atoms with van der Waals surface area (Å²) in [6.07, 6.45) is 0. The molecule has 1 saturated heterocycles. The van der Waals surface area contributed by atoms with E-state index in [1.807, 2.05) is 68.4 Å². The zero-order chi connectivity index (χ0) is 27.9. The van der Waals surface area contributed by atoms with Gasteiger partial charge in [-0.1, -0.05) is 74.3 Å². The fourth-order valence-corrected chi connectivity index (χ4v) is 4.49. The number of nitrogens with zero attached hydrogens (tertiary/aromatic N) is 2. The van der Waals surface area contributed by atoms with Crippen LogP contribution < -0.4 is 15.4 Å². The molecule has 38 heavy (non-hydrogen) atoms. The first-order chi connectivity index (χ1) is 18.4. The summed E-state index contributed by atoms with van der Waals surface area (Å²) in [6, 6.07) is 22.7. The third-order valence-corrected chi connectivity index (χ3v) is 6.58. The molecule has 6 nitrogen and oxygen atoms in total. The van der Waals surface area contributed by atoms with E-state index in [0.717, 1.165) is 43.4 Å². The van der Waals surface area contributed by atoms with Crippen molar-refractivity contribution in [3.05, 3.63) is 94.0 Å². The van der Waals surface area contributed by atoms with E-state index in [-0.39, 0.29) is 13.2 Å². The van der Waals surface area contributed by atoms with Gasteiger partial charge in [-0.15, -0.1) is 0 Å². The summed E-state index contributed by atoms with van der Waals surface area (Å²) in [7, 11) is 0. The molecule has 0 aromatic heterocycles. The summed E-state index contributed by atoms with van der Waals surface area (Å²) < 4.78 is 5.41. The van der Waals surface area contributed by atoms with E-state index in [1.54, 1.807) is 18.2 Å². The van der Waals surface area contributed by atoms with Crippen LogP contribution in [0.4, 0.5) is 5.69 Å². The zero-order valence-electron chi connectivity index (χ0n) is 22.4. The molecule has 1 aliphatic heterocycles. The number of hydrogen-bond acceptors (Lipinski definition) is 5. The fourth-order valence-electron chi connectivity index (χ4n) is 4.05. The van der Waals surface area contributed by atoms with Crippen LogP contribution in [0.2, 0.25) is 10.0 Å². The first-order valence-corrected chi connectivity index (χ1v) is 13.7. The first kappa shape index (κ1) is 31.4. The Kier molecular flexibility index (Phi) is 14.0. The second kappa shape index (κ2) is 16.9. The van der Waals surface area contributed by atoms with Crippen molar-refractivity contribution in [2.75, 3.05) is 50.8 Å². The van der Waals surface area contributed by atoms with Crippen LogP contribution in [-0.4, -0.2) is 61.9 Å². The van der Waals surface area contributed by atoms with E-state index >= 15 is 0 Å². The Bertz CT molecular complexity index is 1090. The molecule has 0 spiro atoms. The number of hydrogen-bond donors (Lipinski definition) is 2. The topological polar surface area (TPSA) is 79.0 Å². The lowest BCUT2D eigenvalue weighted by Crippen LogP contribution is -2.47. The molecule has 3 aromatic rings. The normalized spacial score (nSPS) is 13.9. The van der Waals surface area contributed by atoms with Gasteiger partial charge in [0, 0.05) is 49.4 Å². The molecule has 1 heterocycles. The maximum atomic E-state index is 11.2. The predicted molar refractivity (Wildman–Crippen MR) is 159 cm³/mol. The fraction of sp³-hybridized carbons (Fsp3) is 0.367. The highest BCUT2D eigenvalue weighted by Gasteiger charge is 2.21. The van der Waals surface area contributed by atoms with Gasteiger partial charge in [-0.05, 0) is 47.9 Å². The van der Waals surface area contributed by atoms with E-state index in [0.29, 0.717) is 22.3 Å². The number of ether oxygens (including phenoxy) is 1. The summed E-state index contributed by atoms with van der Waals surface area (Å²) in [4.78, 5) is 16.0. The third kappa shape index (κ3) is 10.2. The Labute approximate surface area is 236 Å². The molecule has 0 saturated carbocycles. The molecular formula is C30H39Cl2N3O3. The summed E-state index contributed by atoms with van der Waals surface area (Å²) in [5.74, 6) is 0.643. The molecule has 3 N–H and O–H groups in total. The number of benzene rings is 3. The van der Waals surface area contributed by atoms with Crippen LogP contribution in [0.5, 0.6) is 5.75 Å². The number of piperazine rings is 1. The molecule has 0 bridgehead atoms. The van der Waals surface area contributed by atoms with Gasteiger partial charge in [-0.2, -0.15) is 0 Å². The molecule has 8 heteroatoms. The third-order valence-electron chi connectivity index (χ3n) is 6.02. The molecule has 1 amide bonds. The Hall–Kier alpha value is -2.77. The molecule has 1 unspecified atom stereocenters. The highest BCUT2D eigenvalue weighted by atomic mass is 35.5. The number of amides is 1. The lowest BCUT2D eigenvalue weighted by Gasteiger charge is -2.37. The smallest absolute Gasteiger partial charge is 0.248 e. The summed E-state index contributed by atoms with van der Waals surface area (Å²) in [6.45, 7) is 11.1. The quantitative estimate of drug-likeness (QED) is 0.348. The van der Waals surface area contributed by atoms with Crippen LogP contribution >= 0.6 is 23.2 Å². The summed E-state index contributed by atoms with van der Waals surface area (Å²) >= 11 is 12.0. The van der Waals surface area contributed by atoms with Crippen LogP contribution in [0.3, 0.4) is 0 Å². The minimum atomic E-state index is -0.396. The van der Waals surface area contributed by atoms with Crippen molar-refractivity contribution >= 4 is 34.8 Å². The molecule has 1 aliphatic rings. The molecule has 1 atom stereocenters. The van der Waals surface area contributed by atoms with Crippen LogP contribution in [0, 0.1) is 0 Å². The van der Waals surface area contributed by atoms with Crippen LogP contribution in [0.1, 0.15) is 42.6 Å². The van der Waals surface area contributed by atoms with Gasteiger partial charge in [0.15, 0.2) is 0 Å². The van der Waals surface area contributed by atoms with E-state index in [9.17, 15) is 4.79 Å². The van der Waals surface area contributed by atoms with Crippen molar-refractivity contribution in [2.45, 2.75) is 26.7 Å². The number of carbonyl (C=O) groups is 1. The SMILES string of the molecule is CC.CC(CN1CCN(c2ccc(OCCO)cc2Cl)CC1)c1ccc(C(N)=O)cc1.Clc1ccccc1. The average molecular weight is 561 g/mol. The minimum Gasteiger partial charge on any atom is -0.491 e. The number of primary amides is 1. The number of nitrogens with two attached hydrogens (primary N) is 1. The van der Waals surface area contributed by atoms with Gasteiger partial charge in [0.05, 0.1) is 17.3 Å². The molecule has 206 valence electrons. The highest BCUT2D eigenvalue weighted by molar-refractivity contribution is 6.33. The number of carbonyl (C=O) groups excluding carboxylic acids is 1. The molecular weight excluding hydrogens is 521 g/mol. The largest absolute Gasteiger partial charge is 0.491 e. The maximum absolute atomic E-state index is 11.2. The van der Waals surface area contributed by atoms with E-state index in [2.05, 4.69) is 16.7 Å². The Morgan fingerprint density at radius 3 is 2.11 bits per heavy atom. The minimum absolute atomic E-state index is 0.0188.